The molecule has 0 aromatic rings. The Morgan fingerprint density at radius 3 is 2.62 bits per heavy atom. The number of aliphatic carboxylic acids is 1. The van der Waals surface area contributed by atoms with Gasteiger partial charge >= 0.3 is 5.97 Å². The monoisotopic (exact) mass is 229 g/mol. The highest BCUT2D eigenvalue weighted by molar-refractivity contribution is 5.85. The lowest BCUT2D eigenvalue weighted by molar-refractivity contribution is -0.151. The topological polar surface area (TPSA) is 66.8 Å². The van der Waals surface area contributed by atoms with Gasteiger partial charge in [-0.1, -0.05) is 0 Å². The SMILES string of the molecule is CCN(CCC(=O)O)C(=O)C1(C)CCCO1. The molecule has 1 amide bonds. The molecule has 0 aromatic carbocycles. The van der Waals surface area contributed by atoms with Crippen molar-refractivity contribution >= 4 is 11.9 Å². The van der Waals surface area contributed by atoms with E-state index in [2.05, 4.69) is 0 Å². The van der Waals surface area contributed by atoms with Gasteiger partial charge in [-0.3, -0.25) is 9.59 Å². The van der Waals surface area contributed by atoms with Crippen molar-refractivity contribution in [2.75, 3.05) is 19.7 Å². The highest BCUT2D eigenvalue weighted by Gasteiger charge is 2.40. The second-order valence-electron chi connectivity index (χ2n) is 4.21. The molecule has 5 heteroatoms. The van der Waals surface area contributed by atoms with E-state index in [1.807, 2.05) is 6.92 Å². The van der Waals surface area contributed by atoms with Gasteiger partial charge in [0, 0.05) is 19.7 Å². The van der Waals surface area contributed by atoms with Crippen molar-refractivity contribution in [1.29, 1.82) is 0 Å². The zero-order chi connectivity index (χ0) is 12.2. The van der Waals surface area contributed by atoms with Crippen molar-refractivity contribution in [3.63, 3.8) is 0 Å². The van der Waals surface area contributed by atoms with Crippen LogP contribution in [0.25, 0.3) is 0 Å². The first-order chi connectivity index (χ1) is 7.49. The summed E-state index contributed by atoms with van der Waals surface area (Å²) in [7, 11) is 0. The van der Waals surface area contributed by atoms with Crippen LogP contribution in [0, 0.1) is 0 Å². The van der Waals surface area contributed by atoms with E-state index < -0.39 is 11.6 Å². The summed E-state index contributed by atoms with van der Waals surface area (Å²) in [5, 5.41) is 8.60. The fourth-order valence-electron chi connectivity index (χ4n) is 1.92. The molecule has 0 saturated carbocycles. The molecule has 1 fully saturated rings. The summed E-state index contributed by atoms with van der Waals surface area (Å²) in [4.78, 5) is 24.1. The molecule has 1 rings (SSSR count). The molecule has 0 aromatic heterocycles. The van der Waals surface area contributed by atoms with Crippen LogP contribution in [0.1, 0.15) is 33.1 Å². The van der Waals surface area contributed by atoms with E-state index in [0.29, 0.717) is 13.2 Å². The summed E-state index contributed by atoms with van der Waals surface area (Å²) in [6.45, 7) is 5.01. The minimum absolute atomic E-state index is 0.0182. The minimum atomic E-state index is -0.885. The van der Waals surface area contributed by atoms with Crippen molar-refractivity contribution in [3.8, 4) is 0 Å². The van der Waals surface area contributed by atoms with Gasteiger partial charge in [0.05, 0.1) is 6.42 Å². The van der Waals surface area contributed by atoms with Crippen LogP contribution in [0.4, 0.5) is 0 Å². The Labute approximate surface area is 95.4 Å². The van der Waals surface area contributed by atoms with Crippen molar-refractivity contribution < 1.29 is 19.4 Å². The molecule has 5 nitrogen and oxygen atoms in total. The molecule has 1 aliphatic rings. The molecule has 1 aliphatic heterocycles. The minimum Gasteiger partial charge on any atom is -0.481 e. The quantitative estimate of drug-likeness (QED) is 0.760. The number of carboxylic acid groups (broad SMARTS) is 1. The first-order valence-electron chi connectivity index (χ1n) is 5.64. The largest absolute Gasteiger partial charge is 0.481 e. The fourth-order valence-corrected chi connectivity index (χ4v) is 1.92. The molecule has 0 bridgehead atoms. The van der Waals surface area contributed by atoms with Crippen molar-refractivity contribution in [2.24, 2.45) is 0 Å². The van der Waals surface area contributed by atoms with Gasteiger partial charge in [-0.25, -0.2) is 0 Å². The summed E-state index contributed by atoms with van der Waals surface area (Å²) in [6, 6.07) is 0. The Balaban J connectivity index is 2.58. The summed E-state index contributed by atoms with van der Waals surface area (Å²) in [6.07, 6.45) is 1.59. The van der Waals surface area contributed by atoms with E-state index in [1.54, 1.807) is 11.8 Å². The lowest BCUT2D eigenvalue weighted by Crippen LogP contribution is -2.47. The normalized spacial score (nSPS) is 24.4. The molecular formula is C11H19NO4. The van der Waals surface area contributed by atoms with Gasteiger partial charge in [0.2, 0.25) is 0 Å². The third-order valence-corrected chi connectivity index (χ3v) is 2.94. The van der Waals surface area contributed by atoms with E-state index in [1.165, 1.54) is 0 Å². The molecule has 0 radical (unpaired) electrons. The number of carbonyl (C=O) groups excluding carboxylic acids is 1. The zero-order valence-corrected chi connectivity index (χ0v) is 9.86. The average molecular weight is 229 g/mol. The molecular weight excluding hydrogens is 210 g/mol. The molecule has 0 spiro atoms. The van der Waals surface area contributed by atoms with Crippen LogP contribution in [0.5, 0.6) is 0 Å². The average Bonchev–Trinajstić information content (AvgIpc) is 2.66. The first-order valence-corrected chi connectivity index (χ1v) is 5.64. The number of ether oxygens (including phenoxy) is 1. The number of hydrogen-bond donors (Lipinski definition) is 1. The Hall–Kier alpha value is -1.10. The molecule has 1 unspecified atom stereocenters. The summed E-state index contributed by atoms with van der Waals surface area (Å²) in [5.41, 5.74) is -0.742. The number of carbonyl (C=O) groups is 2. The maximum Gasteiger partial charge on any atom is 0.305 e. The summed E-state index contributed by atoms with van der Waals surface area (Å²) in [5.74, 6) is -0.975. The molecule has 0 aliphatic carbocycles. The van der Waals surface area contributed by atoms with E-state index >= 15 is 0 Å². The van der Waals surface area contributed by atoms with Crippen LogP contribution in [-0.2, 0) is 14.3 Å². The first kappa shape index (κ1) is 13.0. The van der Waals surface area contributed by atoms with Crippen molar-refractivity contribution in [2.45, 2.75) is 38.7 Å². The van der Waals surface area contributed by atoms with Gasteiger partial charge < -0.3 is 14.7 Å². The van der Waals surface area contributed by atoms with E-state index in [4.69, 9.17) is 9.84 Å². The molecule has 1 atom stereocenters. The van der Waals surface area contributed by atoms with Crippen LogP contribution in [0.15, 0.2) is 0 Å². The van der Waals surface area contributed by atoms with Crippen molar-refractivity contribution in [3.05, 3.63) is 0 Å². The highest BCUT2D eigenvalue weighted by Crippen LogP contribution is 2.27. The Morgan fingerprint density at radius 2 is 2.19 bits per heavy atom. The number of amides is 1. The van der Waals surface area contributed by atoms with Crippen molar-refractivity contribution in [1.82, 2.24) is 4.90 Å². The smallest absolute Gasteiger partial charge is 0.305 e. The molecule has 1 saturated heterocycles. The predicted octanol–water partition coefficient (Wildman–Crippen LogP) is 0.879. The fraction of sp³-hybridized carbons (Fsp3) is 0.818. The summed E-state index contributed by atoms with van der Waals surface area (Å²) < 4.78 is 5.45. The van der Waals surface area contributed by atoms with Crippen LogP contribution in [0.2, 0.25) is 0 Å². The van der Waals surface area contributed by atoms with E-state index in [-0.39, 0.29) is 18.9 Å². The number of hydrogen-bond acceptors (Lipinski definition) is 3. The van der Waals surface area contributed by atoms with E-state index in [9.17, 15) is 9.59 Å². The second-order valence-corrected chi connectivity index (χ2v) is 4.21. The Bertz CT molecular complexity index is 271. The third-order valence-electron chi connectivity index (χ3n) is 2.94. The lowest BCUT2D eigenvalue weighted by Gasteiger charge is -2.30. The van der Waals surface area contributed by atoms with Crippen LogP contribution >= 0.6 is 0 Å². The van der Waals surface area contributed by atoms with Gasteiger partial charge in [-0.15, -0.1) is 0 Å². The van der Waals surface area contributed by atoms with Crippen LogP contribution in [0.3, 0.4) is 0 Å². The standard InChI is InChI=1S/C11H19NO4/c1-3-12(7-5-9(13)14)10(15)11(2)6-4-8-16-11/h3-8H2,1-2H3,(H,13,14). The van der Waals surface area contributed by atoms with Gasteiger partial charge in [0.15, 0.2) is 0 Å². The van der Waals surface area contributed by atoms with Gasteiger partial charge in [0.1, 0.15) is 5.60 Å². The molecule has 92 valence electrons. The second kappa shape index (κ2) is 5.30. The van der Waals surface area contributed by atoms with Gasteiger partial charge in [-0.2, -0.15) is 0 Å². The molecule has 1 N–H and O–H groups in total. The van der Waals surface area contributed by atoms with Gasteiger partial charge in [-0.05, 0) is 26.7 Å². The number of carboxylic acids is 1. The number of nitrogens with zero attached hydrogens (tertiary/aromatic N) is 1. The predicted molar refractivity (Wildman–Crippen MR) is 58.1 cm³/mol. The Kier molecular flexibility index (Phi) is 4.29. The third kappa shape index (κ3) is 2.95. The lowest BCUT2D eigenvalue weighted by atomic mass is 10.0. The molecule has 1 heterocycles. The number of rotatable bonds is 5. The van der Waals surface area contributed by atoms with Crippen LogP contribution < -0.4 is 0 Å². The van der Waals surface area contributed by atoms with Gasteiger partial charge in [0.25, 0.3) is 5.91 Å². The molecule has 16 heavy (non-hydrogen) atoms. The maximum atomic E-state index is 12.1. The Morgan fingerprint density at radius 1 is 1.50 bits per heavy atom. The van der Waals surface area contributed by atoms with Crippen LogP contribution in [-0.4, -0.2) is 47.2 Å². The number of likely N-dealkylation sites (N-methyl/N-ethyl adjacent to an activating group) is 1. The summed E-state index contributed by atoms with van der Waals surface area (Å²) >= 11 is 0. The highest BCUT2D eigenvalue weighted by atomic mass is 16.5. The maximum absolute atomic E-state index is 12.1. The zero-order valence-electron chi connectivity index (χ0n) is 9.86. The van der Waals surface area contributed by atoms with E-state index in [0.717, 1.165) is 12.8 Å².